The minimum Gasteiger partial charge on any atom is -0.397 e. The van der Waals surface area contributed by atoms with Crippen LogP contribution in [0.2, 0.25) is 0 Å². The van der Waals surface area contributed by atoms with E-state index in [1.54, 1.807) is 11.3 Å². The number of nitrogens with two attached hydrogens (primary N) is 1. The molecular weight excluding hydrogens is 218 g/mol. The molecule has 2 rings (SSSR count). The lowest BCUT2D eigenvalue weighted by atomic mass is 10.3. The quantitative estimate of drug-likeness (QED) is 0.857. The molecular formula is C12H15N3S. The van der Waals surface area contributed by atoms with Gasteiger partial charge in [0.2, 0.25) is 0 Å². The molecule has 0 aliphatic heterocycles. The Labute approximate surface area is 99.3 Å². The number of hydrogen-bond acceptors (Lipinski definition) is 4. The summed E-state index contributed by atoms with van der Waals surface area (Å²) < 4.78 is 0. The molecule has 0 saturated carbocycles. The van der Waals surface area contributed by atoms with Crippen molar-refractivity contribution in [1.82, 2.24) is 4.98 Å². The van der Waals surface area contributed by atoms with Crippen LogP contribution in [0.5, 0.6) is 0 Å². The molecule has 0 fully saturated rings. The van der Waals surface area contributed by atoms with E-state index in [-0.39, 0.29) is 0 Å². The van der Waals surface area contributed by atoms with E-state index in [4.69, 9.17) is 5.73 Å². The van der Waals surface area contributed by atoms with Gasteiger partial charge in [0.15, 0.2) is 0 Å². The van der Waals surface area contributed by atoms with Gasteiger partial charge in [0.1, 0.15) is 5.82 Å². The van der Waals surface area contributed by atoms with Crippen LogP contribution in [-0.2, 0) is 6.54 Å². The molecule has 0 atom stereocenters. The summed E-state index contributed by atoms with van der Waals surface area (Å²) in [5, 5.41) is 5.40. The van der Waals surface area contributed by atoms with Crippen LogP contribution in [0.25, 0.3) is 0 Å². The monoisotopic (exact) mass is 233 g/mol. The Morgan fingerprint density at radius 2 is 2.12 bits per heavy atom. The van der Waals surface area contributed by atoms with Crippen molar-refractivity contribution < 1.29 is 0 Å². The summed E-state index contributed by atoms with van der Waals surface area (Å²) in [6.07, 6.45) is 0. The van der Waals surface area contributed by atoms with E-state index in [9.17, 15) is 0 Å². The van der Waals surface area contributed by atoms with E-state index in [0.717, 1.165) is 23.7 Å². The predicted molar refractivity (Wildman–Crippen MR) is 69.8 cm³/mol. The third kappa shape index (κ3) is 2.33. The first kappa shape index (κ1) is 11.0. The van der Waals surface area contributed by atoms with Crippen molar-refractivity contribution in [3.05, 3.63) is 39.7 Å². The van der Waals surface area contributed by atoms with E-state index in [2.05, 4.69) is 28.7 Å². The van der Waals surface area contributed by atoms with Gasteiger partial charge in [-0.1, -0.05) is 0 Å². The molecule has 0 aromatic carbocycles. The van der Waals surface area contributed by atoms with Crippen LogP contribution in [0.3, 0.4) is 0 Å². The molecule has 16 heavy (non-hydrogen) atoms. The average molecular weight is 233 g/mol. The summed E-state index contributed by atoms with van der Waals surface area (Å²) in [6, 6.07) is 5.92. The maximum absolute atomic E-state index is 5.72. The molecule has 0 radical (unpaired) electrons. The van der Waals surface area contributed by atoms with Crippen molar-refractivity contribution in [2.45, 2.75) is 20.4 Å². The van der Waals surface area contributed by atoms with Crippen molar-refractivity contribution >= 4 is 22.8 Å². The van der Waals surface area contributed by atoms with Gasteiger partial charge in [0.05, 0.1) is 17.9 Å². The number of pyridine rings is 1. The summed E-state index contributed by atoms with van der Waals surface area (Å²) in [5.74, 6) is 0.875. The summed E-state index contributed by atoms with van der Waals surface area (Å²) in [6.45, 7) is 4.85. The Balaban J connectivity index is 2.05. The van der Waals surface area contributed by atoms with E-state index >= 15 is 0 Å². The number of aromatic nitrogens is 1. The number of nitrogens with one attached hydrogen (secondary N) is 1. The van der Waals surface area contributed by atoms with Gasteiger partial charge in [-0.2, -0.15) is 0 Å². The Morgan fingerprint density at radius 1 is 1.31 bits per heavy atom. The predicted octanol–water partition coefficient (Wildman–Crippen LogP) is 2.95. The molecule has 0 unspecified atom stereocenters. The van der Waals surface area contributed by atoms with Crippen molar-refractivity contribution in [3.8, 4) is 0 Å². The highest BCUT2D eigenvalue weighted by Crippen LogP contribution is 2.18. The fourth-order valence-electron chi connectivity index (χ4n) is 1.43. The molecule has 2 aromatic heterocycles. The molecule has 0 bridgehead atoms. The number of aryl methyl sites for hydroxylation is 2. The Hall–Kier alpha value is -1.55. The molecule has 3 N–H and O–H groups in total. The molecule has 3 nitrogen and oxygen atoms in total. The molecule has 84 valence electrons. The van der Waals surface area contributed by atoms with E-state index in [1.165, 1.54) is 10.4 Å². The highest BCUT2D eigenvalue weighted by atomic mass is 32.1. The van der Waals surface area contributed by atoms with Crippen molar-refractivity contribution in [2.75, 3.05) is 11.1 Å². The summed E-state index contributed by atoms with van der Waals surface area (Å²) in [5.41, 5.74) is 8.64. The van der Waals surface area contributed by atoms with Gasteiger partial charge < -0.3 is 11.1 Å². The van der Waals surface area contributed by atoms with Gasteiger partial charge in [-0.05, 0) is 43.0 Å². The molecule has 0 amide bonds. The van der Waals surface area contributed by atoms with Crippen LogP contribution in [0.4, 0.5) is 11.5 Å². The van der Waals surface area contributed by atoms with Gasteiger partial charge in [-0.15, -0.1) is 11.3 Å². The van der Waals surface area contributed by atoms with Crippen molar-refractivity contribution in [2.24, 2.45) is 0 Å². The fourth-order valence-corrected chi connectivity index (χ4v) is 2.27. The van der Waals surface area contributed by atoms with E-state index in [1.807, 2.05) is 19.1 Å². The molecule has 0 aliphatic carbocycles. The highest BCUT2D eigenvalue weighted by molar-refractivity contribution is 7.10. The van der Waals surface area contributed by atoms with Gasteiger partial charge in [-0.3, -0.25) is 0 Å². The fraction of sp³-hybridized carbons (Fsp3) is 0.250. The Morgan fingerprint density at radius 3 is 2.75 bits per heavy atom. The molecule has 0 spiro atoms. The third-order valence-corrected chi connectivity index (χ3v) is 3.55. The zero-order chi connectivity index (χ0) is 11.5. The van der Waals surface area contributed by atoms with Crippen LogP contribution in [-0.4, -0.2) is 4.98 Å². The topological polar surface area (TPSA) is 50.9 Å². The van der Waals surface area contributed by atoms with Gasteiger partial charge in [0, 0.05) is 4.88 Å². The smallest absolute Gasteiger partial charge is 0.126 e. The highest BCUT2D eigenvalue weighted by Gasteiger charge is 2.01. The second-order valence-electron chi connectivity index (χ2n) is 3.75. The number of thiophene rings is 1. The lowest BCUT2D eigenvalue weighted by Crippen LogP contribution is -2.02. The van der Waals surface area contributed by atoms with Gasteiger partial charge in [-0.25, -0.2) is 4.98 Å². The minimum absolute atomic E-state index is 0.734. The zero-order valence-corrected chi connectivity index (χ0v) is 10.3. The van der Waals surface area contributed by atoms with Crippen molar-refractivity contribution in [3.63, 3.8) is 0 Å². The average Bonchev–Trinajstić information content (AvgIpc) is 2.66. The number of nitrogens with zero attached hydrogens (tertiary/aromatic N) is 1. The zero-order valence-electron chi connectivity index (χ0n) is 9.45. The SMILES string of the molecule is Cc1ccsc1CNc1ccc(N)c(C)n1. The van der Waals surface area contributed by atoms with E-state index < -0.39 is 0 Å². The molecule has 0 aliphatic rings. The summed E-state index contributed by atoms with van der Waals surface area (Å²) in [7, 11) is 0. The van der Waals surface area contributed by atoms with Gasteiger partial charge >= 0.3 is 0 Å². The normalized spacial score (nSPS) is 10.4. The van der Waals surface area contributed by atoms with E-state index in [0.29, 0.717) is 0 Å². The summed E-state index contributed by atoms with van der Waals surface area (Å²) in [4.78, 5) is 5.71. The Kier molecular flexibility index (Phi) is 3.10. The third-order valence-electron chi connectivity index (χ3n) is 2.52. The molecule has 4 heteroatoms. The van der Waals surface area contributed by atoms with Crippen molar-refractivity contribution in [1.29, 1.82) is 0 Å². The number of anilines is 2. The molecule has 2 aromatic rings. The largest absolute Gasteiger partial charge is 0.397 e. The molecule has 2 heterocycles. The van der Waals surface area contributed by atoms with Crippen LogP contribution in [0.1, 0.15) is 16.1 Å². The van der Waals surface area contributed by atoms with Gasteiger partial charge in [0.25, 0.3) is 0 Å². The van der Waals surface area contributed by atoms with Crippen LogP contribution in [0.15, 0.2) is 23.6 Å². The second kappa shape index (κ2) is 4.53. The number of rotatable bonds is 3. The second-order valence-corrected chi connectivity index (χ2v) is 4.75. The number of hydrogen-bond donors (Lipinski definition) is 2. The summed E-state index contributed by atoms with van der Waals surface area (Å²) >= 11 is 1.76. The lowest BCUT2D eigenvalue weighted by molar-refractivity contribution is 1.10. The molecule has 0 saturated heterocycles. The number of nitrogen functional groups attached to an aromatic ring is 1. The standard InChI is InChI=1S/C12H15N3S/c1-8-5-6-16-11(8)7-14-12-4-3-10(13)9(2)15-12/h3-6H,7,13H2,1-2H3,(H,14,15). The van der Waals surface area contributed by atoms with Crippen LogP contribution < -0.4 is 11.1 Å². The maximum Gasteiger partial charge on any atom is 0.126 e. The first-order valence-corrected chi connectivity index (χ1v) is 6.05. The minimum atomic E-state index is 0.734. The van der Waals surface area contributed by atoms with Crippen LogP contribution >= 0.6 is 11.3 Å². The first-order valence-electron chi connectivity index (χ1n) is 5.17. The Bertz CT molecular complexity index is 491. The van der Waals surface area contributed by atoms with Crippen LogP contribution in [0, 0.1) is 13.8 Å². The first-order chi connectivity index (χ1) is 7.66. The lowest BCUT2D eigenvalue weighted by Gasteiger charge is -2.07. The maximum atomic E-state index is 5.72.